The van der Waals surface area contributed by atoms with Gasteiger partial charge >= 0.3 is 0 Å². The number of hydrogen-bond donors (Lipinski definition) is 1. The average Bonchev–Trinajstić information content (AvgIpc) is 2.56. The van der Waals surface area contributed by atoms with E-state index < -0.39 is 11.6 Å². The molecule has 0 amide bonds. The van der Waals surface area contributed by atoms with Crippen molar-refractivity contribution >= 4 is 0 Å². The Morgan fingerprint density at radius 1 is 1.00 bits per heavy atom. The fourth-order valence-corrected chi connectivity index (χ4v) is 3.24. The molecule has 1 aliphatic rings. The Bertz CT molecular complexity index is 734. The highest BCUT2D eigenvalue weighted by molar-refractivity contribution is 5.50. The minimum atomic E-state index is -0.561. The zero-order valence-corrected chi connectivity index (χ0v) is 13.9. The molecule has 0 bridgehead atoms. The van der Waals surface area contributed by atoms with Gasteiger partial charge in [-0.25, -0.2) is 8.78 Å². The molecule has 0 saturated carbocycles. The highest BCUT2D eigenvalue weighted by atomic mass is 19.1. The number of fused-ring (bicyclic) bond motifs is 1. The van der Waals surface area contributed by atoms with Gasteiger partial charge in [0.2, 0.25) is 0 Å². The van der Waals surface area contributed by atoms with E-state index in [0.29, 0.717) is 24.5 Å². The molecule has 0 spiro atoms. The summed E-state index contributed by atoms with van der Waals surface area (Å²) in [6.45, 7) is 5.77. The molecule has 0 radical (unpaired) electrons. The first kappa shape index (κ1) is 16.7. The van der Waals surface area contributed by atoms with E-state index in [0.717, 1.165) is 35.9 Å². The molecular weight excluding hydrogens is 312 g/mol. The van der Waals surface area contributed by atoms with Gasteiger partial charge in [0.05, 0.1) is 19.8 Å². The number of ether oxygens (including phenoxy) is 2. The number of benzene rings is 2. The zero-order chi connectivity index (χ0) is 17.1. The lowest BCUT2D eigenvalue weighted by molar-refractivity contribution is -0.690. The summed E-state index contributed by atoms with van der Waals surface area (Å²) in [4.78, 5) is 0. The molecule has 1 heterocycles. The molecule has 2 aromatic carbocycles. The van der Waals surface area contributed by atoms with E-state index in [2.05, 4.69) is 5.32 Å². The molecule has 0 unspecified atom stereocenters. The van der Waals surface area contributed by atoms with Gasteiger partial charge in [-0.1, -0.05) is 0 Å². The molecule has 2 aromatic rings. The third-order valence-corrected chi connectivity index (χ3v) is 4.25. The quantitative estimate of drug-likeness (QED) is 0.912. The molecule has 5 heteroatoms. The van der Waals surface area contributed by atoms with Crippen molar-refractivity contribution in [2.24, 2.45) is 0 Å². The van der Waals surface area contributed by atoms with Crippen molar-refractivity contribution in [1.82, 2.24) is 0 Å². The standard InChI is InChI=1S/C19H21F2NO2/c1-3-23-17-9-12-7-8-22-19(15(12)11-18(17)24-4-2)14-6-5-13(20)10-16(14)21/h5-6,9-11,19,22H,3-4,7-8H2,1-2H3/p+1/t19-/m1/s1. The predicted octanol–water partition coefficient (Wildman–Crippen LogP) is 2.97. The summed E-state index contributed by atoms with van der Waals surface area (Å²) in [7, 11) is 0. The monoisotopic (exact) mass is 334 g/mol. The Kier molecular flexibility index (Phi) is 5.00. The number of rotatable bonds is 5. The molecule has 1 aliphatic heterocycles. The van der Waals surface area contributed by atoms with Crippen LogP contribution in [0.1, 0.15) is 36.6 Å². The first-order valence-electron chi connectivity index (χ1n) is 8.34. The van der Waals surface area contributed by atoms with Gasteiger partial charge in [0.15, 0.2) is 11.5 Å². The van der Waals surface area contributed by atoms with Crippen LogP contribution in [0, 0.1) is 11.6 Å². The Balaban J connectivity index is 2.07. The van der Waals surface area contributed by atoms with Gasteiger partial charge in [-0.3, -0.25) is 0 Å². The van der Waals surface area contributed by atoms with E-state index in [1.54, 1.807) is 0 Å². The highest BCUT2D eigenvalue weighted by Gasteiger charge is 2.29. The van der Waals surface area contributed by atoms with Gasteiger partial charge in [-0.05, 0) is 43.7 Å². The summed E-state index contributed by atoms with van der Waals surface area (Å²) < 4.78 is 38.9. The number of halogens is 2. The van der Waals surface area contributed by atoms with Crippen LogP contribution >= 0.6 is 0 Å². The van der Waals surface area contributed by atoms with Gasteiger partial charge in [-0.2, -0.15) is 0 Å². The molecule has 3 nitrogen and oxygen atoms in total. The maximum atomic E-state index is 14.3. The molecule has 0 aromatic heterocycles. The summed E-state index contributed by atoms with van der Waals surface area (Å²) in [5.41, 5.74) is 2.61. The molecule has 3 rings (SSSR count). The number of quaternary nitrogens is 1. The lowest BCUT2D eigenvalue weighted by atomic mass is 9.89. The van der Waals surface area contributed by atoms with Gasteiger partial charge in [0.25, 0.3) is 0 Å². The molecular formula is C19H22F2NO2+. The molecule has 0 aliphatic carbocycles. The Morgan fingerprint density at radius 2 is 1.71 bits per heavy atom. The SMILES string of the molecule is CCOc1cc2c(cc1OCC)[C@@H](c1ccc(F)cc1F)[NH2+]CC2. The first-order chi connectivity index (χ1) is 11.6. The lowest BCUT2D eigenvalue weighted by Gasteiger charge is -2.26. The van der Waals surface area contributed by atoms with Crippen molar-refractivity contribution in [2.75, 3.05) is 19.8 Å². The van der Waals surface area contributed by atoms with Crippen LogP contribution in [0.25, 0.3) is 0 Å². The molecule has 24 heavy (non-hydrogen) atoms. The van der Waals surface area contributed by atoms with Crippen molar-refractivity contribution in [2.45, 2.75) is 26.3 Å². The van der Waals surface area contributed by atoms with E-state index in [4.69, 9.17) is 9.47 Å². The Labute approximate surface area is 140 Å². The summed E-state index contributed by atoms with van der Waals surface area (Å²) >= 11 is 0. The van der Waals surface area contributed by atoms with Crippen molar-refractivity contribution in [3.8, 4) is 11.5 Å². The maximum absolute atomic E-state index is 14.3. The average molecular weight is 334 g/mol. The summed E-state index contributed by atoms with van der Waals surface area (Å²) in [6.07, 6.45) is 0.876. The summed E-state index contributed by atoms with van der Waals surface area (Å²) in [5.74, 6) is 0.309. The molecule has 0 fully saturated rings. The van der Waals surface area contributed by atoms with E-state index in [-0.39, 0.29) is 6.04 Å². The van der Waals surface area contributed by atoms with Crippen molar-refractivity contribution in [1.29, 1.82) is 0 Å². The van der Waals surface area contributed by atoms with E-state index >= 15 is 0 Å². The molecule has 128 valence electrons. The third kappa shape index (κ3) is 3.22. The molecule has 1 atom stereocenters. The van der Waals surface area contributed by atoms with Crippen LogP contribution in [0.4, 0.5) is 8.78 Å². The van der Waals surface area contributed by atoms with Gasteiger partial charge in [0, 0.05) is 23.6 Å². The van der Waals surface area contributed by atoms with Gasteiger partial charge in [-0.15, -0.1) is 0 Å². The fourth-order valence-electron chi connectivity index (χ4n) is 3.24. The van der Waals surface area contributed by atoms with Crippen LogP contribution in [0.15, 0.2) is 30.3 Å². The lowest BCUT2D eigenvalue weighted by Crippen LogP contribution is -2.87. The number of hydrogen-bond acceptors (Lipinski definition) is 2. The van der Waals surface area contributed by atoms with Crippen LogP contribution < -0.4 is 14.8 Å². The summed E-state index contributed by atoms with van der Waals surface area (Å²) in [5, 5.41) is 2.08. The highest BCUT2D eigenvalue weighted by Crippen LogP contribution is 2.36. The van der Waals surface area contributed by atoms with Gasteiger partial charge < -0.3 is 14.8 Å². The minimum absolute atomic E-state index is 0.204. The molecule has 0 saturated heterocycles. The van der Waals surface area contributed by atoms with Crippen molar-refractivity contribution in [3.05, 3.63) is 58.7 Å². The normalized spacial score (nSPS) is 16.6. The van der Waals surface area contributed by atoms with Crippen LogP contribution in [-0.4, -0.2) is 19.8 Å². The zero-order valence-electron chi connectivity index (χ0n) is 13.9. The minimum Gasteiger partial charge on any atom is -0.490 e. The predicted molar refractivity (Wildman–Crippen MR) is 87.5 cm³/mol. The van der Waals surface area contributed by atoms with E-state index in [1.165, 1.54) is 12.1 Å². The fraction of sp³-hybridized carbons (Fsp3) is 0.368. The maximum Gasteiger partial charge on any atom is 0.161 e. The van der Waals surface area contributed by atoms with Crippen LogP contribution in [0.5, 0.6) is 11.5 Å². The second-order valence-electron chi connectivity index (χ2n) is 5.78. The van der Waals surface area contributed by atoms with Crippen molar-refractivity contribution in [3.63, 3.8) is 0 Å². The summed E-state index contributed by atoms with van der Waals surface area (Å²) in [6, 6.07) is 7.49. The van der Waals surface area contributed by atoms with Gasteiger partial charge in [0.1, 0.15) is 17.7 Å². The largest absolute Gasteiger partial charge is 0.490 e. The van der Waals surface area contributed by atoms with E-state index in [9.17, 15) is 8.78 Å². The Morgan fingerprint density at radius 3 is 2.38 bits per heavy atom. The Hall–Kier alpha value is -2.14. The van der Waals surface area contributed by atoms with Crippen molar-refractivity contribution < 1.29 is 23.6 Å². The van der Waals surface area contributed by atoms with Crippen LogP contribution in [0.3, 0.4) is 0 Å². The number of nitrogens with two attached hydrogens (primary N) is 1. The third-order valence-electron chi connectivity index (χ3n) is 4.25. The first-order valence-corrected chi connectivity index (χ1v) is 8.34. The molecule has 2 N–H and O–H groups in total. The second kappa shape index (κ2) is 7.18. The van der Waals surface area contributed by atoms with Crippen LogP contribution in [-0.2, 0) is 6.42 Å². The topological polar surface area (TPSA) is 35.1 Å². The van der Waals surface area contributed by atoms with Crippen LogP contribution in [0.2, 0.25) is 0 Å². The smallest absolute Gasteiger partial charge is 0.161 e. The van der Waals surface area contributed by atoms with E-state index in [1.807, 2.05) is 26.0 Å². The second-order valence-corrected chi connectivity index (χ2v) is 5.78.